The molecule has 0 aliphatic carbocycles. The number of rotatable bonds is 5. The molecule has 2 rings (SSSR count). The fourth-order valence-corrected chi connectivity index (χ4v) is 2.55. The molecule has 1 atom stereocenters. The third-order valence-electron chi connectivity index (χ3n) is 3.15. The van der Waals surface area contributed by atoms with Crippen molar-refractivity contribution in [1.29, 1.82) is 0 Å². The van der Waals surface area contributed by atoms with E-state index in [0.29, 0.717) is 11.5 Å². The number of benzene rings is 2. The molecule has 1 unspecified atom stereocenters. The van der Waals surface area contributed by atoms with E-state index in [2.05, 4.69) is 28.2 Å². The Balaban J connectivity index is 2.16. The van der Waals surface area contributed by atoms with E-state index in [-0.39, 0.29) is 11.7 Å². The summed E-state index contributed by atoms with van der Waals surface area (Å²) in [6.45, 7) is 2.07. The highest BCUT2D eigenvalue weighted by Crippen LogP contribution is 2.30. The van der Waals surface area contributed by atoms with E-state index in [9.17, 15) is 10.1 Å². The van der Waals surface area contributed by atoms with Crippen molar-refractivity contribution in [2.75, 3.05) is 7.05 Å². The van der Waals surface area contributed by atoms with Gasteiger partial charge in [-0.2, -0.15) is 0 Å². The molecule has 21 heavy (non-hydrogen) atoms. The second-order valence-electron chi connectivity index (χ2n) is 4.55. The molecule has 0 amide bonds. The third-order valence-corrected chi connectivity index (χ3v) is 3.84. The van der Waals surface area contributed by atoms with Crippen molar-refractivity contribution in [2.45, 2.75) is 13.0 Å². The van der Waals surface area contributed by atoms with Crippen molar-refractivity contribution < 1.29 is 9.66 Å². The van der Waals surface area contributed by atoms with Crippen LogP contribution in [0.5, 0.6) is 11.5 Å². The Bertz CT molecular complexity index is 644. The normalized spacial score (nSPS) is 12.0. The highest BCUT2D eigenvalue weighted by Gasteiger charge is 2.09. The molecule has 0 saturated carbocycles. The molecule has 2 aromatic carbocycles. The largest absolute Gasteiger partial charge is 0.457 e. The summed E-state index contributed by atoms with van der Waals surface area (Å²) in [5.41, 5.74) is 1.18. The number of nitrogens with one attached hydrogen (secondary N) is 1. The van der Waals surface area contributed by atoms with Gasteiger partial charge in [0.15, 0.2) is 0 Å². The Morgan fingerprint density at radius 1 is 1.19 bits per heavy atom. The molecule has 0 fully saturated rings. The third kappa shape index (κ3) is 3.80. The first-order valence-corrected chi connectivity index (χ1v) is 7.19. The van der Waals surface area contributed by atoms with Gasteiger partial charge in [0.1, 0.15) is 11.5 Å². The predicted octanol–water partition coefficient (Wildman–Crippen LogP) is 4.43. The molecule has 0 saturated heterocycles. The minimum atomic E-state index is -0.436. The van der Waals surface area contributed by atoms with Gasteiger partial charge in [0.25, 0.3) is 5.69 Å². The van der Waals surface area contributed by atoms with E-state index in [1.54, 1.807) is 12.1 Å². The van der Waals surface area contributed by atoms with E-state index in [0.717, 1.165) is 10.0 Å². The summed E-state index contributed by atoms with van der Waals surface area (Å²) in [7, 11) is 1.90. The molecule has 0 radical (unpaired) electrons. The van der Waals surface area contributed by atoms with Crippen molar-refractivity contribution >= 4 is 21.6 Å². The molecular weight excluding hydrogens is 336 g/mol. The minimum Gasteiger partial charge on any atom is -0.457 e. The lowest BCUT2D eigenvalue weighted by Crippen LogP contribution is -2.12. The molecule has 0 bridgehead atoms. The molecule has 0 aliphatic rings. The van der Waals surface area contributed by atoms with Crippen LogP contribution in [0.2, 0.25) is 0 Å². The predicted molar refractivity (Wildman–Crippen MR) is 84.8 cm³/mol. The van der Waals surface area contributed by atoms with Crippen LogP contribution in [0.25, 0.3) is 0 Å². The first-order valence-electron chi connectivity index (χ1n) is 6.40. The quantitative estimate of drug-likeness (QED) is 0.639. The van der Waals surface area contributed by atoms with Crippen LogP contribution < -0.4 is 10.1 Å². The number of nitrogens with zero attached hydrogens (tertiary/aromatic N) is 1. The van der Waals surface area contributed by atoms with Crippen LogP contribution in [0.4, 0.5) is 5.69 Å². The fourth-order valence-electron chi connectivity index (χ4n) is 1.85. The number of ether oxygens (including phenoxy) is 1. The zero-order valence-corrected chi connectivity index (χ0v) is 13.3. The van der Waals surface area contributed by atoms with Crippen molar-refractivity contribution in [1.82, 2.24) is 5.32 Å². The van der Waals surface area contributed by atoms with Crippen LogP contribution in [-0.4, -0.2) is 12.0 Å². The molecule has 1 N–H and O–H groups in total. The van der Waals surface area contributed by atoms with Gasteiger partial charge in [-0.25, -0.2) is 0 Å². The SMILES string of the molecule is CNC(C)c1ccc(Oc2ccc([N+](=O)[O-])cc2)cc1Br. The van der Waals surface area contributed by atoms with Crippen LogP contribution in [0.15, 0.2) is 46.9 Å². The van der Waals surface area contributed by atoms with Gasteiger partial charge in [0, 0.05) is 22.6 Å². The lowest BCUT2D eigenvalue weighted by atomic mass is 10.1. The van der Waals surface area contributed by atoms with Crippen molar-refractivity contribution in [2.24, 2.45) is 0 Å². The molecule has 0 spiro atoms. The van der Waals surface area contributed by atoms with Gasteiger partial charge in [-0.3, -0.25) is 10.1 Å². The van der Waals surface area contributed by atoms with Gasteiger partial charge in [-0.05, 0) is 43.8 Å². The lowest BCUT2D eigenvalue weighted by Gasteiger charge is -2.14. The summed E-state index contributed by atoms with van der Waals surface area (Å²) in [6, 6.07) is 12.0. The first-order chi connectivity index (χ1) is 10.0. The van der Waals surface area contributed by atoms with E-state index >= 15 is 0 Å². The standard InChI is InChI=1S/C15H15BrN2O3/c1-10(17-2)14-8-7-13(9-15(14)16)21-12-5-3-11(4-6-12)18(19)20/h3-10,17H,1-2H3. The van der Waals surface area contributed by atoms with Crippen LogP contribution in [0.1, 0.15) is 18.5 Å². The summed E-state index contributed by atoms with van der Waals surface area (Å²) >= 11 is 3.52. The van der Waals surface area contributed by atoms with Gasteiger partial charge in [-0.1, -0.05) is 22.0 Å². The topological polar surface area (TPSA) is 64.4 Å². The van der Waals surface area contributed by atoms with Crippen LogP contribution in [-0.2, 0) is 0 Å². The van der Waals surface area contributed by atoms with Crippen LogP contribution in [0.3, 0.4) is 0 Å². The molecule has 0 heterocycles. The zero-order chi connectivity index (χ0) is 15.4. The summed E-state index contributed by atoms with van der Waals surface area (Å²) in [4.78, 5) is 10.2. The Labute approximate surface area is 131 Å². The monoisotopic (exact) mass is 350 g/mol. The van der Waals surface area contributed by atoms with E-state index < -0.39 is 4.92 Å². The molecule has 2 aromatic rings. The number of nitro benzene ring substituents is 1. The molecule has 6 heteroatoms. The van der Waals surface area contributed by atoms with Crippen molar-refractivity contribution in [3.05, 3.63) is 62.6 Å². The number of halogens is 1. The van der Waals surface area contributed by atoms with Crippen molar-refractivity contribution in [3.8, 4) is 11.5 Å². The van der Waals surface area contributed by atoms with Gasteiger partial charge >= 0.3 is 0 Å². The maximum Gasteiger partial charge on any atom is 0.269 e. The van der Waals surface area contributed by atoms with Gasteiger partial charge < -0.3 is 10.1 Å². The highest BCUT2D eigenvalue weighted by molar-refractivity contribution is 9.10. The van der Waals surface area contributed by atoms with Crippen LogP contribution >= 0.6 is 15.9 Å². The second-order valence-corrected chi connectivity index (χ2v) is 5.40. The zero-order valence-electron chi connectivity index (χ0n) is 11.7. The average Bonchev–Trinajstić information content (AvgIpc) is 2.47. The molecule has 5 nitrogen and oxygen atoms in total. The number of nitro groups is 1. The summed E-state index contributed by atoms with van der Waals surface area (Å²) in [5.74, 6) is 1.23. The summed E-state index contributed by atoms with van der Waals surface area (Å²) < 4.78 is 6.64. The maximum atomic E-state index is 10.6. The van der Waals surface area contributed by atoms with E-state index in [1.807, 2.05) is 25.2 Å². The average molecular weight is 351 g/mol. The lowest BCUT2D eigenvalue weighted by molar-refractivity contribution is -0.384. The number of non-ortho nitro benzene ring substituents is 1. The van der Waals surface area contributed by atoms with E-state index in [1.165, 1.54) is 12.1 Å². The Kier molecular flexibility index (Phi) is 4.93. The highest BCUT2D eigenvalue weighted by atomic mass is 79.9. The Hall–Kier alpha value is -1.92. The van der Waals surface area contributed by atoms with Crippen LogP contribution in [0, 0.1) is 10.1 Å². The smallest absolute Gasteiger partial charge is 0.269 e. The first kappa shape index (κ1) is 15.5. The van der Waals surface area contributed by atoms with Crippen molar-refractivity contribution in [3.63, 3.8) is 0 Å². The molecular formula is C15H15BrN2O3. The fraction of sp³-hybridized carbons (Fsp3) is 0.200. The molecule has 0 aliphatic heterocycles. The van der Waals surface area contributed by atoms with Gasteiger partial charge in [0.05, 0.1) is 4.92 Å². The van der Waals surface area contributed by atoms with Gasteiger partial charge in [0.2, 0.25) is 0 Å². The number of hydrogen-bond acceptors (Lipinski definition) is 4. The minimum absolute atomic E-state index is 0.0433. The summed E-state index contributed by atoms with van der Waals surface area (Å²) in [6.07, 6.45) is 0. The van der Waals surface area contributed by atoms with Gasteiger partial charge in [-0.15, -0.1) is 0 Å². The van der Waals surface area contributed by atoms with E-state index in [4.69, 9.17) is 4.74 Å². The Morgan fingerprint density at radius 2 is 1.81 bits per heavy atom. The maximum absolute atomic E-state index is 10.6. The number of hydrogen-bond donors (Lipinski definition) is 1. The summed E-state index contributed by atoms with van der Waals surface area (Å²) in [5, 5.41) is 13.8. The molecule has 0 aromatic heterocycles. The second kappa shape index (κ2) is 6.69. The Morgan fingerprint density at radius 3 is 2.33 bits per heavy atom. The molecule has 110 valence electrons.